The minimum absolute atomic E-state index is 0.0771. The van der Waals surface area contributed by atoms with Crippen LogP contribution in [0.1, 0.15) is 19.3 Å². The van der Waals surface area contributed by atoms with Crippen LogP contribution >= 0.6 is 0 Å². The van der Waals surface area contributed by atoms with E-state index in [2.05, 4.69) is 11.8 Å². The van der Waals surface area contributed by atoms with Gasteiger partial charge in [0.25, 0.3) is 0 Å². The average molecular weight is 170 g/mol. The Morgan fingerprint density at radius 3 is 3.00 bits per heavy atom. The first kappa shape index (κ1) is 9.53. The molecule has 68 valence electrons. The molecule has 0 bridgehead atoms. The molecule has 0 aromatic rings. The zero-order valence-electron chi connectivity index (χ0n) is 7.08. The second kappa shape index (κ2) is 6.01. The van der Waals surface area contributed by atoms with Crippen LogP contribution in [0, 0.1) is 11.8 Å². The van der Waals surface area contributed by atoms with Gasteiger partial charge in [-0.1, -0.05) is 11.8 Å². The highest BCUT2D eigenvalue weighted by Crippen LogP contribution is 2.12. The third-order valence-electron chi connectivity index (χ3n) is 1.68. The van der Waals surface area contributed by atoms with Crippen LogP contribution in [0.2, 0.25) is 0 Å². The fourth-order valence-electron chi connectivity index (χ4n) is 1.08. The van der Waals surface area contributed by atoms with Gasteiger partial charge in [-0.15, -0.1) is 0 Å². The van der Waals surface area contributed by atoms with Gasteiger partial charge in [-0.05, 0) is 19.3 Å². The van der Waals surface area contributed by atoms with Gasteiger partial charge in [0, 0.05) is 6.61 Å². The lowest BCUT2D eigenvalue weighted by molar-refractivity contribution is -0.154. The average Bonchev–Trinajstić information content (AvgIpc) is 2.14. The molecule has 12 heavy (non-hydrogen) atoms. The zero-order valence-corrected chi connectivity index (χ0v) is 7.08. The second-order valence-electron chi connectivity index (χ2n) is 2.62. The molecule has 1 fully saturated rings. The van der Waals surface area contributed by atoms with Crippen LogP contribution in [0.15, 0.2) is 0 Å². The summed E-state index contributed by atoms with van der Waals surface area (Å²) >= 11 is 0. The number of ether oxygens (including phenoxy) is 2. The Kier molecular flexibility index (Phi) is 4.77. The minimum Gasteiger partial charge on any atom is -0.384 e. The molecule has 0 unspecified atom stereocenters. The van der Waals surface area contributed by atoms with Crippen LogP contribution in [0.5, 0.6) is 0 Å². The maximum atomic E-state index is 8.34. The Bertz CT molecular complexity index is 162. The lowest BCUT2D eigenvalue weighted by Crippen LogP contribution is -2.22. The number of hydrogen-bond donors (Lipinski definition) is 1. The van der Waals surface area contributed by atoms with E-state index in [-0.39, 0.29) is 12.9 Å². The van der Waals surface area contributed by atoms with Gasteiger partial charge < -0.3 is 14.6 Å². The normalized spacial score (nSPS) is 22.9. The molecule has 1 aliphatic heterocycles. The molecule has 1 saturated heterocycles. The van der Waals surface area contributed by atoms with Crippen molar-refractivity contribution in [3.8, 4) is 11.8 Å². The van der Waals surface area contributed by atoms with Crippen molar-refractivity contribution in [3.63, 3.8) is 0 Å². The van der Waals surface area contributed by atoms with Crippen LogP contribution in [0.3, 0.4) is 0 Å². The Hall–Kier alpha value is -0.560. The summed E-state index contributed by atoms with van der Waals surface area (Å²) < 4.78 is 10.6. The highest BCUT2D eigenvalue weighted by molar-refractivity contribution is 4.98. The van der Waals surface area contributed by atoms with Crippen molar-refractivity contribution in [1.82, 2.24) is 0 Å². The van der Waals surface area contributed by atoms with E-state index in [0.717, 1.165) is 25.9 Å². The van der Waals surface area contributed by atoms with Gasteiger partial charge in [0.15, 0.2) is 6.29 Å². The van der Waals surface area contributed by atoms with Crippen LogP contribution in [0.25, 0.3) is 0 Å². The van der Waals surface area contributed by atoms with Gasteiger partial charge in [0.2, 0.25) is 0 Å². The molecule has 0 amide bonds. The van der Waals surface area contributed by atoms with Crippen molar-refractivity contribution in [1.29, 1.82) is 0 Å². The summed E-state index contributed by atoms with van der Waals surface area (Å²) in [6.07, 6.45) is 3.17. The van der Waals surface area contributed by atoms with Crippen LogP contribution in [0.4, 0.5) is 0 Å². The van der Waals surface area contributed by atoms with Crippen molar-refractivity contribution < 1.29 is 14.6 Å². The van der Waals surface area contributed by atoms with E-state index in [0.29, 0.717) is 6.61 Å². The van der Waals surface area contributed by atoms with Gasteiger partial charge >= 0.3 is 0 Å². The lowest BCUT2D eigenvalue weighted by atomic mass is 10.2. The van der Waals surface area contributed by atoms with Crippen molar-refractivity contribution in [3.05, 3.63) is 0 Å². The molecule has 0 aromatic heterocycles. The van der Waals surface area contributed by atoms with E-state index in [1.807, 2.05) is 0 Å². The highest BCUT2D eigenvalue weighted by atomic mass is 16.7. The predicted octanol–water partition coefficient (Wildman–Crippen LogP) is 0.525. The van der Waals surface area contributed by atoms with Gasteiger partial charge in [-0.2, -0.15) is 0 Å². The molecular weight excluding hydrogens is 156 g/mol. The Balaban J connectivity index is 2.05. The Morgan fingerprint density at radius 1 is 1.42 bits per heavy atom. The minimum atomic E-state index is -0.102. The van der Waals surface area contributed by atoms with Gasteiger partial charge in [-0.3, -0.25) is 0 Å². The van der Waals surface area contributed by atoms with Crippen molar-refractivity contribution >= 4 is 0 Å². The number of rotatable bonds is 2. The summed E-state index contributed by atoms with van der Waals surface area (Å²) in [5.41, 5.74) is 0. The van der Waals surface area contributed by atoms with Gasteiger partial charge in [0.1, 0.15) is 13.2 Å². The Labute approximate surface area is 72.7 Å². The third-order valence-corrected chi connectivity index (χ3v) is 1.68. The van der Waals surface area contributed by atoms with E-state index in [4.69, 9.17) is 14.6 Å². The standard InChI is InChI=1S/C9H14O3/c10-6-2-4-8-12-9-5-1-3-7-11-9/h9-10H,1,3,5-8H2/t9-/m1/s1. The SMILES string of the molecule is OCC#CCO[C@@H]1CCCCO1. The molecule has 0 spiro atoms. The number of aliphatic hydroxyl groups is 1. The molecule has 3 heteroatoms. The fraction of sp³-hybridized carbons (Fsp3) is 0.778. The maximum absolute atomic E-state index is 8.34. The molecule has 1 rings (SSSR count). The van der Waals surface area contributed by atoms with E-state index < -0.39 is 0 Å². The van der Waals surface area contributed by atoms with Crippen molar-refractivity contribution in [2.45, 2.75) is 25.6 Å². The van der Waals surface area contributed by atoms with Crippen LogP contribution in [-0.4, -0.2) is 31.2 Å². The number of hydrogen-bond acceptors (Lipinski definition) is 3. The van der Waals surface area contributed by atoms with Gasteiger partial charge in [-0.25, -0.2) is 0 Å². The Morgan fingerprint density at radius 2 is 2.33 bits per heavy atom. The topological polar surface area (TPSA) is 38.7 Å². The van der Waals surface area contributed by atoms with E-state index in [9.17, 15) is 0 Å². The summed E-state index contributed by atoms with van der Waals surface area (Å²) in [5, 5.41) is 8.34. The molecular formula is C9H14O3. The maximum Gasteiger partial charge on any atom is 0.158 e. The molecule has 1 aliphatic rings. The quantitative estimate of drug-likeness (QED) is 0.614. The van der Waals surface area contributed by atoms with Crippen LogP contribution in [-0.2, 0) is 9.47 Å². The summed E-state index contributed by atoms with van der Waals surface area (Å²) in [7, 11) is 0. The third kappa shape index (κ3) is 3.72. The monoisotopic (exact) mass is 170 g/mol. The highest BCUT2D eigenvalue weighted by Gasteiger charge is 2.12. The molecule has 1 atom stereocenters. The molecule has 0 aliphatic carbocycles. The molecule has 0 aromatic carbocycles. The first-order chi connectivity index (χ1) is 5.93. The van der Waals surface area contributed by atoms with Crippen LogP contribution < -0.4 is 0 Å². The molecule has 0 radical (unpaired) electrons. The summed E-state index contributed by atoms with van der Waals surface area (Å²) in [5.74, 6) is 5.19. The molecule has 1 N–H and O–H groups in total. The van der Waals surface area contributed by atoms with Gasteiger partial charge in [0.05, 0.1) is 0 Å². The summed E-state index contributed by atoms with van der Waals surface area (Å²) in [6.45, 7) is 1.04. The first-order valence-corrected chi connectivity index (χ1v) is 4.23. The predicted molar refractivity (Wildman–Crippen MR) is 44.4 cm³/mol. The molecule has 0 saturated carbocycles. The van der Waals surface area contributed by atoms with E-state index in [1.165, 1.54) is 0 Å². The fourth-order valence-corrected chi connectivity index (χ4v) is 1.08. The van der Waals surface area contributed by atoms with Crippen molar-refractivity contribution in [2.24, 2.45) is 0 Å². The summed E-state index contributed by atoms with van der Waals surface area (Å²) in [6, 6.07) is 0. The smallest absolute Gasteiger partial charge is 0.158 e. The molecule has 1 heterocycles. The largest absolute Gasteiger partial charge is 0.384 e. The first-order valence-electron chi connectivity index (χ1n) is 4.23. The van der Waals surface area contributed by atoms with Crippen molar-refractivity contribution in [2.75, 3.05) is 19.8 Å². The summed E-state index contributed by atoms with van der Waals surface area (Å²) in [4.78, 5) is 0. The van der Waals surface area contributed by atoms with E-state index >= 15 is 0 Å². The second-order valence-corrected chi connectivity index (χ2v) is 2.62. The molecule has 3 nitrogen and oxygen atoms in total. The van der Waals surface area contributed by atoms with E-state index in [1.54, 1.807) is 0 Å². The zero-order chi connectivity index (χ0) is 8.65. The number of aliphatic hydroxyl groups excluding tert-OH is 1. The lowest BCUT2D eigenvalue weighted by Gasteiger charge is -2.21.